The van der Waals surface area contributed by atoms with Crippen LogP contribution >= 0.6 is 0 Å². The number of aromatic nitrogens is 2. The van der Waals surface area contributed by atoms with Crippen LogP contribution in [0.4, 0.5) is 14.6 Å². The molecular weight excluding hydrogens is 452 g/mol. The maximum absolute atomic E-state index is 14.1. The molecule has 0 aliphatic carbocycles. The second-order valence-corrected chi connectivity index (χ2v) is 8.36. The first kappa shape index (κ1) is 24.3. The van der Waals surface area contributed by atoms with Crippen LogP contribution in [0, 0.1) is 11.6 Å². The average Bonchev–Trinajstić information content (AvgIpc) is 2.89. The van der Waals surface area contributed by atoms with E-state index < -0.39 is 11.7 Å². The summed E-state index contributed by atoms with van der Waals surface area (Å²) in [6.45, 7) is 4.30. The lowest BCUT2D eigenvalue weighted by molar-refractivity contribution is -0.132. The molecule has 0 bridgehead atoms. The van der Waals surface area contributed by atoms with Crippen LogP contribution in [0.15, 0.2) is 60.7 Å². The van der Waals surface area contributed by atoms with E-state index in [1.807, 2.05) is 24.0 Å². The zero-order valence-electron chi connectivity index (χ0n) is 19.5. The minimum absolute atomic E-state index is 0.0266. The molecule has 9 heteroatoms. The average molecular weight is 480 g/mol. The summed E-state index contributed by atoms with van der Waals surface area (Å²) < 4.78 is 27.2. The van der Waals surface area contributed by atoms with Gasteiger partial charge in [0.1, 0.15) is 18.2 Å². The molecule has 0 spiro atoms. The van der Waals surface area contributed by atoms with E-state index in [4.69, 9.17) is 0 Å². The largest absolute Gasteiger partial charge is 0.352 e. The van der Waals surface area contributed by atoms with Crippen LogP contribution in [0.25, 0.3) is 11.3 Å². The van der Waals surface area contributed by atoms with Crippen molar-refractivity contribution < 1.29 is 18.4 Å². The van der Waals surface area contributed by atoms with E-state index in [2.05, 4.69) is 10.2 Å². The summed E-state index contributed by atoms with van der Waals surface area (Å²) in [5.74, 6) is -0.842. The Balaban J connectivity index is 1.34. The molecular formula is C26H27F2N5O2. The SMILES string of the molecule is CCCN(CC(=O)N1CCN(c2ccc(-c3ccc(F)cc3)nn2)CC1)C(=O)c1ccccc1F. The number of carbonyl (C=O) groups excluding carboxylic acids is 2. The fourth-order valence-corrected chi connectivity index (χ4v) is 4.04. The van der Waals surface area contributed by atoms with E-state index in [1.54, 1.807) is 23.1 Å². The standard InChI is InChI=1S/C26H27F2N5O2/c1-2-13-33(26(35)21-5-3-4-6-22(21)28)18-25(34)32-16-14-31(15-17-32)24-12-11-23(29-30-24)19-7-9-20(27)10-8-19/h3-12H,2,13-18H2,1H3. The number of benzene rings is 2. The third-order valence-electron chi connectivity index (χ3n) is 5.96. The van der Waals surface area contributed by atoms with Crippen molar-refractivity contribution in [3.05, 3.63) is 77.9 Å². The highest BCUT2D eigenvalue weighted by Crippen LogP contribution is 2.20. The Morgan fingerprint density at radius 2 is 1.63 bits per heavy atom. The van der Waals surface area contributed by atoms with Crippen molar-refractivity contribution in [3.8, 4) is 11.3 Å². The highest BCUT2D eigenvalue weighted by atomic mass is 19.1. The van der Waals surface area contributed by atoms with E-state index in [1.165, 1.54) is 35.2 Å². The molecule has 1 aromatic heterocycles. The molecule has 0 atom stereocenters. The number of anilines is 1. The Morgan fingerprint density at radius 1 is 0.914 bits per heavy atom. The normalized spacial score (nSPS) is 13.6. The van der Waals surface area contributed by atoms with Gasteiger partial charge in [0.15, 0.2) is 5.82 Å². The predicted molar refractivity (Wildman–Crippen MR) is 129 cm³/mol. The molecule has 1 saturated heterocycles. The van der Waals surface area contributed by atoms with Crippen LogP contribution in [0.1, 0.15) is 23.7 Å². The molecule has 35 heavy (non-hydrogen) atoms. The van der Waals surface area contributed by atoms with Crippen molar-refractivity contribution >= 4 is 17.6 Å². The van der Waals surface area contributed by atoms with Crippen LogP contribution in [0.3, 0.4) is 0 Å². The predicted octanol–water partition coefficient (Wildman–Crippen LogP) is 3.62. The molecule has 182 valence electrons. The molecule has 2 amide bonds. The van der Waals surface area contributed by atoms with Gasteiger partial charge in [0, 0.05) is 38.3 Å². The maximum Gasteiger partial charge on any atom is 0.257 e. The minimum atomic E-state index is -0.591. The number of amides is 2. The first-order chi connectivity index (χ1) is 17.0. The highest BCUT2D eigenvalue weighted by molar-refractivity contribution is 5.96. The fourth-order valence-electron chi connectivity index (χ4n) is 4.04. The monoisotopic (exact) mass is 479 g/mol. The first-order valence-electron chi connectivity index (χ1n) is 11.6. The van der Waals surface area contributed by atoms with Crippen molar-refractivity contribution in [2.45, 2.75) is 13.3 Å². The van der Waals surface area contributed by atoms with E-state index in [0.29, 0.717) is 50.7 Å². The van der Waals surface area contributed by atoms with Crippen LogP contribution in [-0.2, 0) is 4.79 Å². The van der Waals surface area contributed by atoms with E-state index in [9.17, 15) is 18.4 Å². The smallest absolute Gasteiger partial charge is 0.257 e. The summed E-state index contributed by atoms with van der Waals surface area (Å²) in [7, 11) is 0. The first-order valence-corrected chi connectivity index (χ1v) is 11.6. The van der Waals surface area contributed by atoms with E-state index in [0.717, 1.165) is 5.56 Å². The van der Waals surface area contributed by atoms with Crippen molar-refractivity contribution in [1.82, 2.24) is 20.0 Å². The van der Waals surface area contributed by atoms with Crippen LogP contribution < -0.4 is 4.90 Å². The molecule has 0 saturated carbocycles. The number of nitrogens with zero attached hydrogens (tertiary/aromatic N) is 5. The van der Waals surface area contributed by atoms with Crippen molar-refractivity contribution in [2.75, 3.05) is 44.2 Å². The molecule has 1 aliphatic heterocycles. The number of hydrogen-bond acceptors (Lipinski definition) is 5. The van der Waals surface area contributed by atoms with Crippen molar-refractivity contribution in [3.63, 3.8) is 0 Å². The van der Waals surface area contributed by atoms with Gasteiger partial charge in [-0.2, -0.15) is 0 Å². The summed E-state index contributed by atoms with van der Waals surface area (Å²) in [6.07, 6.45) is 0.661. The zero-order chi connectivity index (χ0) is 24.8. The molecule has 2 heterocycles. The highest BCUT2D eigenvalue weighted by Gasteiger charge is 2.26. The number of carbonyl (C=O) groups is 2. The molecule has 0 N–H and O–H groups in total. The number of piperazine rings is 1. The van der Waals surface area contributed by atoms with Gasteiger partial charge in [-0.25, -0.2) is 8.78 Å². The topological polar surface area (TPSA) is 69.6 Å². The van der Waals surface area contributed by atoms with Crippen LogP contribution in [0.5, 0.6) is 0 Å². The molecule has 7 nitrogen and oxygen atoms in total. The van der Waals surface area contributed by atoms with Gasteiger partial charge in [0.25, 0.3) is 5.91 Å². The second kappa shape index (κ2) is 11.0. The molecule has 4 rings (SSSR count). The van der Waals surface area contributed by atoms with Gasteiger partial charge in [-0.3, -0.25) is 9.59 Å². The van der Waals surface area contributed by atoms with E-state index in [-0.39, 0.29) is 23.8 Å². The van der Waals surface area contributed by atoms with Gasteiger partial charge < -0.3 is 14.7 Å². The lowest BCUT2D eigenvalue weighted by Gasteiger charge is -2.36. The number of hydrogen-bond donors (Lipinski definition) is 0. The minimum Gasteiger partial charge on any atom is -0.352 e. The zero-order valence-corrected chi connectivity index (χ0v) is 19.5. The third kappa shape index (κ3) is 5.79. The summed E-state index contributed by atoms with van der Waals surface area (Å²) in [5, 5.41) is 8.55. The Kier molecular flexibility index (Phi) is 7.64. The fraction of sp³-hybridized carbons (Fsp3) is 0.308. The van der Waals surface area contributed by atoms with Gasteiger partial charge in [0.2, 0.25) is 5.91 Å². The summed E-state index contributed by atoms with van der Waals surface area (Å²) in [4.78, 5) is 30.9. The van der Waals surface area contributed by atoms with Gasteiger partial charge in [0.05, 0.1) is 11.3 Å². The van der Waals surface area contributed by atoms with Gasteiger partial charge in [-0.05, 0) is 55.0 Å². The Bertz CT molecular complexity index is 1160. The lowest BCUT2D eigenvalue weighted by atomic mass is 10.1. The van der Waals surface area contributed by atoms with Crippen LogP contribution in [-0.4, -0.2) is 71.1 Å². The molecule has 0 unspecified atom stereocenters. The third-order valence-corrected chi connectivity index (χ3v) is 5.96. The van der Waals surface area contributed by atoms with Crippen molar-refractivity contribution in [1.29, 1.82) is 0 Å². The Labute approximate surface area is 203 Å². The molecule has 1 aliphatic rings. The Morgan fingerprint density at radius 3 is 2.26 bits per heavy atom. The summed E-state index contributed by atoms with van der Waals surface area (Å²) in [6, 6.07) is 15.6. The quantitative estimate of drug-likeness (QED) is 0.518. The molecule has 1 fully saturated rings. The maximum atomic E-state index is 14.1. The van der Waals surface area contributed by atoms with E-state index >= 15 is 0 Å². The van der Waals surface area contributed by atoms with Gasteiger partial charge >= 0.3 is 0 Å². The second-order valence-electron chi connectivity index (χ2n) is 8.36. The lowest BCUT2D eigenvalue weighted by Crippen LogP contribution is -2.52. The molecule has 2 aromatic carbocycles. The van der Waals surface area contributed by atoms with Gasteiger partial charge in [-0.15, -0.1) is 10.2 Å². The molecule has 0 radical (unpaired) electrons. The Hall–Kier alpha value is -3.88. The molecule has 3 aromatic rings. The summed E-state index contributed by atoms with van der Waals surface area (Å²) in [5.41, 5.74) is 1.40. The van der Waals surface area contributed by atoms with Crippen molar-refractivity contribution in [2.24, 2.45) is 0 Å². The van der Waals surface area contributed by atoms with Gasteiger partial charge in [-0.1, -0.05) is 19.1 Å². The number of rotatable bonds is 7. The summed E-state index contributed by atoms with van der Waals surface area (Å²) >= 11 is 0. The van der Waals surface area contributed by atoms with Crippen LogP contribution in [0.2, 0.25) is 0 Å². The number of halogens is 2.